The van der Waals surface area contributed by atoms with Gasteiger partial charge in [-0.1, -0.05) is 13.8 Å². The van der Waals surface area contributed by atoms with Crippen molar-refractivity contribution in [1.29, 1.82) is 0 Å². The van der Waals surface area contributed by atoms with Crippen LogP contribution in [0.5, 0.6) is 0 Å². The van der Waals surface area contributed by atoms with E-state index in [4.69, 9.17) is 0 Å². The molecule has 0 unspecified atom stereocenters. The van der Waals surface area contributed by atoms with Gasteiger partial charge in [0, 0.05) is 11.8 Å². The maximum atomic E-state index is 10.7. The Balaban J connectivity index is 0.000000461. The van der Waals surface area contributed by atoms with Crippen molar-refractivity contribution in [3.63, 3.8) is 0 Å². The fourth-order valence-corrected chi connectivity index (χ4v) is 0.856. The van der Waals surface area contributed by atoms with Crippen LogP contribution in [-0.2, 0) is 0 Å². The molecule has 0 saturated heterocycles. The number of H-pyrrole nitrogens is 1. The maximum absolute atomic E-state index is 10.7. The van der Waals surface area contributed by atoms with Crippen molar-refractivity contribution in [3.05, 3.63) is 33.7 Å². The van der Waals surface area contributed by atoms with Crippen molar-refractivity contribution < 1.29 is 0 Å². The van der Waals surface area contributed by atoms with Gasteiger partial charge in [-0.25, -0.2) is 0 Å². The molecule has 0 aliphatic heterocycles. The fraction of sp³-hybridized carbons (Fsp3) is 0.444. The molecule has 2 heteroatoms. The average Bonchev–Trinajstić information content (AvgIpc) is 1.88. The summed E-state index contributed by atoms with van der Waals surface area (Å²) in [4.78, 5) is 13.3. The lowest BCUT2D eigenvalue weighted by Crippen LogP contribution is -2.05. The fourth-order valence-electron chi connectivity index (χ4n) is 0.856. The van der Waals surface area contributed by atoms with Gasteiger partial charge in [0.25, 0.3) is 0 Å². The van der Waals surface area contributed by atoms with Crippen molar-refractivity contribution in [2.75, 3.05) is 0 Å². The molecule has 0 aliphatic rings. The first-order valence-electron chi connectivity index (χ1n) is 3.86. The number of aromatic nitrogens is 1. The third-order valence-corrected chi connectivity index (χ3v) is 1.12. The molecule has 62 valence electrons. The Hall–Kier alpha value is -1.05. The van der Waals surface area contributed by atoms with Crippen molar-refractivity contribution in [2.24, 2.45) is 0 Å². The van der Waals surface area contributed by atoms with E-state index >= 15 is 0 Å². The molecular weight excluding hydrogens is 138 g/mol. The minimum absolute atomic E-state index is 0.0208. The monoisotopic (exact) mass is 153 g/mol. The molecule has 0 aromatic carbocycles. The number of pyridine rings is 1. The lowest BCUT2D eigenvalue weighted by molar-refractivity contribution is 1.12. The van der Waals surface area contributed by atoms with Gasteiger partial charge in [0.15, 0.2) is 0 Å². The molecule has 0 fully saturated rings. The van der Waals surface area contributed by atoms with E-state index in [0.29, 0.717) is 0 Å². The highest BCUT2D eigenvalue weighted by atomic mass is 16.1. The van der Waals surface area contributed by atoms with Crippen LogP contribution in [0.15, 0.2) is 16.9 Å². The number of aromatic amines is 1. The summed E-state index contributed by atoms with van der Waals surface area (Å²) in [5.74, 6) is 0. The zero-order chi connectivity index (χ0) is 8.85. The predicted molar refractivity (Wildman–Crippen MR) is 47.9 cm³/mol. The summed E-state index contributed by atoms with van der Waals surface area (Å²) in [6.07, 6.45) is 0. The van der Waals surface area contributed by atoms with Gasteiger partial charge in [0.2, 0.25) is 5.56 Å². The lowest BCUT2D eigenvalue weighted by Gasteiger charge is -1.91. The van der Waals surface area contributed by atoms with E-state index < -0.39 is 0 Å². The molecule has 1 N–H and O–H groups in total. The van der Waals surface area contributed by atoms with E-state index in [0.717, 1.165) is 11.3 Å². The van der Waals surface area contributed by atoms with Crippen LogP contribution < -0.4 is 5.56 Å². The minimum Gasteiger partial charge on any atom is -0.327 e. The van der Waals surface area contributed by atoms with Crippen LogP contribution in [-0.4, -0.2) is 4.98 Å². The van der Waals surface area contributed by atoms with Gasteiger partial charge in [-0.2, -0.15) is 0 Å². The van der Waals surface area contributed by atoms with Crippen LogP contribution >= 0.6 is 0 Å². The summed E-state index contributed by atoms with van der Waals surface area (Å²) in [5.41, 5.74) is 1.91. The second-order valence-electron chi connectivity index (χ2n) is 2.20. The van der Waals surface area contributed by atoms with Crippen LogP contribution in [0.4, 0.5) is 0 Å². The molecule has 0 radical (unpaired) electrons. The minimum atomic E-state index is -0.0208. The Kier molecular flexibility index (Phi) is 4.27. The maximum Gasteiger partial charge on any atom is 0.248 e. The molecule has 0 saturated carbocycles. The summed E-state index contributed by atoms with van der Waals surface area (Å²) in [7, 11) is 0. The van der Waals surface area contributed by atoms with Gasteiger partial charge >= 0.3 is 0 Å². The topological polar surface area (TPSA) is 32.9 Å². The molecule has 1 rings (SSSR count). The van der Waals surface area contributed by atoms with Crippen molar-refractivity contribution in [3.8, 4) is 0 Å². The van der Waals surface area contributed by atoms with Crippen molar-refractivity contribution in [2.45, 2.75) is 27.7 Å². The van der Waals surface area contributed by atoms with E-state index in [2.05, 4.69) is 4.98 Å². The summed E-state index contributed by atoms with van der Waals surface area (Å²) >= 11 is 0. The van der Waals surface area contributed by atoms with Crippen molar-refractivity contribution >= 4 is 0 Å². The predicted octanol–water partition coefficient (Wildman–Crippen LogP) is 2.02. The van der Waals surface area contributed by atoms with Crippen LogP contribution in [0.1, 0.15) is 25.1 Å². The lowest BCUT2D eigenvalue weighted by atomic mass is 10.2. The van der Waals surface area contributed by atoms with Gasteiger partial charge in [-0.15, -0.1) is 0 Å². The highest BCUT2D eigenvalue weighted by Gasteiger charge is 1.86. The average molecular weight is 153 g/mol. The zero-order valence-corrected chi connectivity index (χ0v) is 7.56. The third kappa shape index (κ3) is 3.61. The second-order valence-corrected chi connectivity index (χ2v) is 2.20. The first-order chi connectivity index (χ1) is 5.18. The molecule has 11 heavy (non-hydrogen) atoms. The van der Waals surface area contributed by atoms with E-state index in [-0.39, 0.29) is 5.56 Å². The molecule has 1 aromatic rings. The van der Waals surface area contributed by atoms with E-state index in [1.54, 1.807) is 6.07 Å². The molecule has 0 spiro atoms. The highest BCUT2D eigenvalue weighted by molar-refractivity contribution is 5.12. The van der Waals surface area contributed by atoms with Gasteiger partial charge in [0.1, 0.15) is 0 Å². The first-order valence-corrected chi connectivity index (χ1v) is 3.86. The van der Waals surface area contributed by atoms with Crippen LogP contribution in [0.25, 0.3) is 0 Å². The number of nitrogens with one attached hydrogen (secondary N) is 1. The Bertz CT molecular complexity index is 239. The summed E-state index contributed by atoms with van der Waals surface area (Å²) < 4.78 is 0. The van der Waals surface area contributed by atoms with Gasteiger partial charge in [0.05, 0.1) is 0 Å². The smallest absolute Gasteiger partial charge is 0.248 e. The molecule has 0 bridgehead atoms. The molecule has 0 amide bonds. The number of rotatable bonds is 0. The molecular formula is C9H15NO. The Morgan fingerprint density at radius 1 is 1.18 bits per heavy atom. The van der Waals surface area contributed by atoms with Gasteiger partial charge < -0.3 is 4.98 Å². The standard InChI is InChI=1S/C7H9NO.C2H6/c1-5-3-6(2)8-7(9)4-5;1-2/h3-4H,1-2H3,(H,8,9);1-2H3. The van der Waals surface area contributed by atoms with E-state index in [1.807, 2.05) is 33.8 Å². The van der Waals surface area contributed by atoms with Crippen LogP contribution in [0, 0.1) is 13.8 Å². The normalized spacial score (nSPS) is 8.36. The number of hydrogen-bond acceptors (Lipinski definition) is 1. The molecule has 0 aliphatic carbocycles. The molecule has 1 heterocycles. The number of hydrogen-bond donors (Lipinski definition) is 1. The Morgan fingerprint density at radius 2 is 1.73 bits per heavy atom. The highest BCUT2D eigenvalue weighted by Crippen LogP contribution is 1.92. The third-order valence-electron chi connectivity index (χ3n) is 1.12. The van der Waals surface area contributed by atoms with Gasteiger partial charge in [-0.3, -0.25) is 4.79 Å². The Morgan fingerprint density at radius 3 is 2.09 bits per heavy atom. The SMILES string of the molecule is CC.Cc1cc(C)[nH]c(=O)c1. The van der Waals surface area contributed by atoms with Crippen LogP contribution in [0.3, 0.4) is 0 Å². The summed E-state index contributed by atoms with van der Waals surface area (Å²) in [6.45, 7) is 7.77. The molecule has 1 aromatic heterocycles. The first kappa shape index (κ1) is 9.95. The van der Waals surface area contributed by atoms with Gasteiger partial charge in [-0.05, 0) is 25.5 Å². The quantitative estimate of drug-likeness (QED) is 0.607. The number of aryl methyl sites for hydroxylation is 2. The second kappa shape index (κ2) is 4.72. The molecule has 0 atom stereocenters. The summed E-state index contributed by atoms with van der Waals surface area (Å²) in [6, 6.07) is 3.51. The molecule has 2 nitrogen and oxygen atoms in total. The van der Waals surface area contributed by atoms with Crippen LogP contribution in [0.2, 0.25) is 0 Å². The summed E-state index contributed by atoms with van der Waals surface area (Å²) in [5, 5.41) is 0. The largest absolute Gasteiger partial charge is 0.327 e. The van der Waals surface area contributed by atoms with E-state index in [1.165, 1.54) is 0 Å². The van der Waals surface area contributed by atoms with E-state index in [9.17, 15) is 4.79 Å². The Labute approximate surface area is 67.3 Å². The van der Waals surface area contributed by atoms with Crippen molar-refractivity contribution in [1.82, 2.24) is 4.98 Å². The zero-order valence-electron chi connectivity index (χ0n) is 7.56.